The predicted octanol–water partition coefficient (Wildman–Crippen LogP) is 2.74. The van der Waals surface area contributed by atoms with E-state index in [1.165, 1.54) is 0 Å². The molecule has 27 heavy (non-hydrogen) atoms. The van der Waals surface area contributed by atoms with E-state index in [2.05, 4.69) is 5.32 Å². The van der Waals surface area contributed by atoms with Gasteiger partial charge in [0.15, 0.2) is 0 Å². The molecule has 0 bridgehead atoms. The molecule has 7 heteroatoms. The van der Waals surface area contributed by atoms with Crippen molar-refractivity contribution >= 4 is 18.7 Å². The van der Waals surface area contributed by atoms with Gasteiger partial charge in [0.05, 0.1) is 24.4 Å². The minimum atomic E-state index is -0.595. The minimum absolute atomic E-state index is 0.402. The summed E-state index contributed by atoms with van der Waals surface area (Å²) in [5.41, 5.74) is -0.0860. The number of carbonyl (C=O) groups is 1. The number of rotatable bonds is 3. The van der Waals surface area contributed by atoms with Gasteiger partial charge >= 0.3 is 13.2 Å². The highest BCUT2D eigenvalue weighted by Gasteiger charge is 2.52. The van der Waals surface area contributed by atoms with Crippen molar-refractivity contribution in [3.05, 3.63) is 29.8 Å². The lowest BCUT2D eigenvalue weighted by molar-refractivity contribution is -0.0797. The zero-order valence-electron chi connectivity index (χ0n) is 17.3. The summed E-state index contributed by atoms with van der Waals surface area (Å²) in [6.45, 7) is 14.5. The van der Waals surface area contributed by atoms with Crippen LogP contribution in [0.3, 0.4) is 0 Å². The van der Waals surface area contributed by atoms with Crippen LogP contribution in [-0.2, 0) is 24.3 Å². The van der Waals surface area contributed by atoms with Crippen LogP contribution in [0.1, 0.15) is 54.0 Å². The van der Waals surface area contributed by atoms with E-state index in [-0.39, 0.29) is 0 Å². The van der Waals surface area contributed by atoms with Gasteiger partial charge in [0.25, 0.3) is 0 Å². The van der Waals surface area contributed by atoms with Gasteiger partial charge < -0.3 is 24.1 Å². The Morgan fingerprint density at radius 3 is 2.19 bits per heavy atom. The predicted molar refractivity (Wildman–Crippen MR) is 104 cm³/mol. The summed E-state index contributed by atoms with van der Waals surface area (Å²) in [6.07, 6.45) is -0.452. The molecule has 2 fully saturated rings. The maximum atomic E-state index is 12.3. The van der Waals surface area contributed by atoms with Gasteiger partial charge in [-0.3, -0.25) is 0 Å². The molecule has 6 nitrogen and oxygen atoms in total. The van der Waals surface area contributed by atoms with E-state index < -0.39 is 35.6 Å². The topological polar surface area (TPSA) is 66.0 Å². The second-order valence-corrected chi connectivity index (χ2v) is 9.42. The molecule has 2 aliphatic rings. The van der Waals surface area contributed by atoms with Crippen LogP contribution in [0.25, 0.3) is 0 Å². The van der Waals surface area contributed by atoms with Crippen molar-refractivity contribution in [1.29, 1.82) is 0 Å². The first-order valence-corrected chi connectivity index (χ1v) is 9.39. The number of carbonyl (C=O) groups excluding carboxylic acids is 1. The summed E-state index contributed by atoms with van der Waals surface area (Å²) in [5, 5.41) is 2.99. The highest BCUT2D eigenvalue weighted by molar-refractivity contribution is 6.62. The van der Waals surface area contributed by atoms with E-state index >= 15 is 0 Å². The molecule has 0 saturated carbocycles. The molecule has 0 aromatic heterocycles. The van der Waals surface area contributed by atoms with Crippen molar-refractivity contribution in [3.63, 3.8) is 0 Å². The third-order valence-electron chi connectivity index (χ3n) is 5.40. The summed E-state index contributed by atoms with van der Waals surface area (Å²) in [7, 11) is -0.450. The van der Waals surface area contributed by atoms with Crippen molar-refractivity contribution in [2.24, 2.45) is 0 Å². The van der Waals surface area contributed by atoms with E-state index in [0.29, 0.717) is 13.2 Å². The van der Waals surface area contributed by atoms with Gasteiger partial charge in [-0.15, -0.1) is 0 Å². The Balaban J connectivity index is 1.81. The number of hydrogen-bond acceptors (Lipinski definition) is 5. The van der Waals surface area contributed by atoms with Crippen LogP contribution >= 0.6 is 0 Å². The lowest BCUT2D eigenvalue weighted by Gasteiger charge is -2.42. The molecule has 1 aromatic rings. The number of hydrogen-bond donors (Lipinski definition) is 1. The Labute approximate surface area is 162 Å². The molecule has 0 atom stereocenters. The Morgan fingerprint density at radius 2 is 1.70 bits per heavy atom. The summed E-state index contributed by atoms with van der Waals surface area (Å²) < 4.78 is 23.1. The number of benzene rings is 1. The molecule has 148 valence electrons. The minimum Gasteiger partial charge on any atom is -0.444 e. The monoisotopic (exact) mass is 375 g/mol. The van der Waals surface area contributed by atoms with Crippen LogP contribution in [0.15, 0.2) is 24.3 Å². The lowest BCUT2D eigenvalue weighted by Crippen LogP contribution is -2.60. The molecule has 2 saturated heterocycles. The average Bonchev–Trinajstić information content (AvgIpc) is 2.70. The maximum Gasteiger partial charge on any atom is 0.494 e. The number of amides is 1. The van der Waals surface area contributed by atoms with E-state index in [1.54, 1.807) is 0 Å². The molecule has 0 aliphatic carbocycles. The smallest absolute Gasteiger partial charge is 0.444 e. The largest absolute Gasteiger partial charge is 0.494 e. The highest BCUT2D eigenvalue weighted by Crippen LogP contribution is 2.37. The zero-order valence-corrected chi connectivity index (χ0v) is 17.3. The third kappa shape index (κ3) is 4.00. The Hall–Kier alpha value is -1.57. The lowest BCUT2D eigenvalue weighted by atomic mass is 9.76. The molecular weight excluding hydrogens is 345 g/mol. The molecule has 3 rings (SSSR count). The van der Waals surface area contributed by atoms with Gasteiger partial charge in [-0.1, -0.05) is 24.3 Å². The second kappa shape index (κ2) is 6.50. The quantitative estimate of drug-likeness (QED) is 0.823. The van der Waals surface area contributed by atoms with Crippen molar-refractivity contribution < 1.29 is 23.6 Å². The van der Waals surface area contributed by atoms with Gasteiger partial charge in [0.2, 0.25) is 0 Å². The standard InChI is InChI=1S/C20H30BNO5/c1-17(2,3)25-16(23)22-20(12-24-13-20)14-9-8-10-15(11-14)21-26-18(4,5)19(6,7)27-21/h8-11H,12-13H2,1-7H3,(H,22,23). The summed E-state index contributed by atoms with van der Waals surface area (Å²) >= 11 is 0. The summed E-state index contributed by atoms with van der Waals surface area (Å²) in [6, 6.07) is 7.93. The molecule has 1 aromatic carbocycles. The average molecular weight is 375 g/mol. The summed E-state index contributed by atoms with van der Waals surface area (Å²) in [4.78, 5) is 12.3. The van der Waals surface area contributed by atoms with Gasteiger partial charge in [-0.05, 0) is 59.5 Å². The van der Waals surface area contributed by atoms with Crippen molar-refractivity contribution in [1.82, 2.24) is 5.32 Å². The Morgan fingerprint density at radius 1 is 1.11 bits per heavy atom. The van der Waals surface area contributed by atoms with E-state index in [4.69, 9.17) is 18.8 Å². The van der Waals surface area contributed by atoms with Crippen LogP contribution in [-0.4, -0.2) is 43.2 Å². The van der Waals surface area contributed by atoms with Gasteiger partial charge in [-0.25, -0.2) is 4.79 Å². The fraction of sp³-hybridized carbons (Fsp3) is 0.650. The molecule has 0 unspecified atom stereocenters. The molecule has 0 spiro atoms. The molecule has 1 N–H and O–H groups in total. The highest BCUT2D eigenvalue weighted by atomic mass is 16.7. The molecule has 2 heterocycles. The Bertz CT molecular complexity index is 705. The van der Waals surface area contributed by atoms with Gasteiger partial charge in [0, 0.05) is 0 Å². The second-order valence-electron chi connectivity index (χ2n) is 9.42. The fourth-order valence-corrected chi connectivity index (χ4v) is 3.08. The SMILES string of the molecule is CC(C)(C)OC(=O)NC1(c2cccc(B3OC(C)(C)C(C)(C)O3)c2)COC1. The molecule has 0 radical (unpaired) electrons. The maximum absolute atomic E-state index is 12.3. The van der Waals surface area contributed by atoms with Gasteiger partial charge in [-0.2, -0.15) is 0 Å². The first kappa shape index (κ1) is 20.2. The normalized spacial score (nSPS) is 22.9. The molecular formula is C20H30BNO5. The first-order valence-electron chi connectivity index (χ1n) is 9.39. The van der Waals surface area contributed by atoms with Crippen LogP contribution < -0.4 is 10.8 Å². The first-order chi connectivity index (χ1) is 12.3. The van der Waals surface area contributed by atoms with Crippen molar-refractivity contribution in [3.8, 4) is 0 Å². The van der Waals surface area contributed by atoms with Gasteiger partial charge in [0.1, 0.15) is 11.1 Å². The van der Waals surface area contributed by atoms with Crippen LogP contribution in [0, 0.1) is 0 Å². The van der Waals surface area contributed by atoms with E-state index in [9.17, 15) is 4.79 Å². The molecule has 1 amide bonds. The van der Waals surface area contributed by atoms with Crippen molar-refractivity contribution in [2.75, 3.05) is 13.2 Å². The third-order valence-corrected chi connectivity index (χ3v) is 5.40. The number of nitrogens with one attached hydrogen (secondary N) is 1. The summed E-state index contributed by atoms with van der Waals surface area (Å²) in [5.74, 6) is 0. The van der Waals surface area contributed by atoms with Crippen LogP contribution in [0.4, 0.5) is 4.79 Å². The Kier molecular flexibility index (Phi) is 4.86. The zero-order chi connectivity index (χ0) is 20.1. The van der Waals surface area contributed by atoms with Crippen LogP contribution in [0.2, 0.25) is 0 Å². The van der Waals surface area contributed by atoms with E-state index in [0.717, 1.165) is 11.0 Å². The number of ether oxygens (including phenoxy) is 2. The number of alkyl carbamates (subject to hydrolysis) is 1. The molecule has 2 aliphatic heterocycles. The van der Waals surface area contributed by atoms with E-state index in [1.807, 2.05) is 72.7 Å². The van der Waals surface area contributed by atoms with Crippen LogP contribution in [0.5, 0.6) is 0 Å². The fourth-order valence-electron chi connectivity index (χ4n) is 3.08. The van der Waals surface area contributed by atoms with Crippen molar-refractivity contribution in [2.45, 2.75) is 70.8 Å².